The first-order valence-electron chi connectivity index (χ1n) is 6.71. The quantitative estimate of drug-likeness (QED) is 0.726. The smallest absolute Gasteiger partial charge is 0.0445 e. The van der Waals surface area contributed by atoms with Crippen molar-refractivity contribution < 1.29 is 5.11 Å². The highest BCUT2D eigenvalue weighted by Gasteiger charge is 2.12. The molecule has 2 nitrogen and oxygen atoms in total. The molecule has 2 atom stereocenters. The molecule has 1 aromatic rings. The van der Waals surface area contributed by atoms with Gasteiger partial charge in [-0.15, -0.1) is 0 Å². The monoisotopic (exact) mass is 235 g/mol. The second-order valence-corrected chi connectivity index (χ2v) is 4.58. The number of hydrogen-bond donors (Lipinski definition) is 2. The molecule has 0 amide bonds. The van der Waals surface area contributed by atoms with Gasteiger partial charge in [0.05, 0.1) is 0 Å². The van der Waals surface area contributed by atoms with Gasteiger partial charge in [0.2, 0.25) is 0 Å². The zero-order chi connectivity index (χ0) is 12.5. The second kappa shape index (κ2) is 8.26. The van der Waals surface area contributed by atoms with E-state index in [2.05, 4.69) is 49.5 Å². The van der Waals surface area contributed by atoms with Gasteiger partial charge >= 0.3 is 0 Å². The summed E-state index contributed by atoms with van der Waals surface area (Å²) in [6, 6.07) is 11.5. The summed E-state index contributed by atoms with van der Waals surface area (Å²) in [6.45, 7) is 4.65. The lowest BCUT2D eigenvalue weighted by molar-refractivity contribution is 0.254. The molecule has 0 heterocycles. The van der Waals surface area contributed by atoms with Crippen LogP contribution in [0.1, 0.15) is 38.7 Å². The van der Waals surface area contributed by atoms with Gasteiger partial charge in [-0.1, -0.05) is 44.2 Å². The maximum atomic E-state index is 9.00. The molecule has 2 N–H and O–H groups in total. The van der Waals surface area contributed by atoms with Gasteiger partial charge in [0.25, 0.3) is 0 Å². The summed E-state index contributed by atoms with van der Waals surface area (Å²) >= 11 is 0. The summed E-state index contributed by atoms with van der Waals surface area (Å²) in [7, 11) is 0. The van der Waals surface area contributed by atoms with Gasteiger partial charge in [0.1, 0.15) is 0 Å². The molecule has 0 fully saturated rings. The Morgan fingerprint density at radius 1 is 1.06 bits per heavy atom. The average molecular weight is 235 g/mol. The number of rotatable bonds is 8. The van der Waals surface area contributed by atoms with Crippen molar-refractivity contribution in [3.8, 4) is 0 Å². The van der Waals surface area contributed by atoms with Crippen LogP contribution in [0.2, 0.25) is 0 Å². The number of aliphatic hydroxyl groups is 1. The van der Waals surface area contributed by atoms with Gasteiger partial charge in [-0.2, -0.15) is 0 Å². The second-order valence-electron chi connectivity index (χ2n) is 4.58. The molecular formula is C15H25NO. The van der Waals surface area contributed by atoms with E-state index < -0.39 is 0 Å². The van der Waals surface area contributed by atoms with Crippen molar-refractivity contribution in [1.82, 2.24) is 5.32 Å². The Hall–Kier alpha value is -0.860. The summed E-state index contributed by atoms with van der Waals surface area (Å²) in [4.78, 5) is 0. The van der Waals surface area contributed by atoms with Crippen molar-refractivity contribution in [2.45, 2.75) is 51.6 Å². The molecule has 0 saturated heterocycles. The molecule has 0 aliphatic carbocycles. The molecule has 0 aromatic heterocycles. The standard InChI is InChI=1S/C15H25NO/c1-3-14(10-11-17)16-15(4-2)12-13-8-6-5-7-9-13/h5-9,14-17H,3-4,10-12H2,1-2H3. The lowest BCUT2D eigenvalue weighted by Crippen LogP contribution is -2.39. The highest BCUT2D eigenvalue weighted by molar-refractivity contribution is 5.15. The molecule has 0 spiro atoms. The molecule has 1 rings (SSSR count). The van der Waals surface area contributed by atoms with Crippen LogP contribution in [0.5, 0.6) is 0 Å². The largest absolute Gasteiger partial charge is 0.396 e. The zero-order valence-corrected chi connectivity index (χ0v) is 11.0. The summed E-state index contributed by atoms with van der Waals surface area (Å²) in [5.41, 5.74) is 1.38. The van der Waals surface area contributed by atoms with Crippen LogP contribution in [0.15, 0.2) is 30.3 Å². The highest BCUT2D eigenvalue weighted by Crippen LogP contribution is 2.08. The van der Waals surface area contributed by atoms with Gasteiger partial charge in [0, 0.05) is 18.7 Å². The van der Waals surface area contributed by atoms with Gasteiger partial charge in [-0.05, 0) is 31.2 Å². The third-order valence-electron chi connectivity index (χ3n) is 3.26. The minimum absolute atomic E-state index is 0.271. The molecule has 2 heteroatoms. The van der Waals surface area contributed by atoms with E-state index in [0.29, 0.717) is 12.1 Å². The first-order chi connectivity index (χ1) is 8.30. The summed E-state index contributed by atoms with van der Waals surface area (Å²) < 4.78 is 0. The van der Waals surface area contributed by atoms with E-state index in [1.54, 1.807) is 0 Å². The van der Waals surface area contributed by atoms with Crippen LogP contribution in [-0.4, -0.2) is 23.8 Å². The number of nitrogens with one attached hydrogen (secondary N) is 1. The predicted molar refractivity (Wildman–Crippen MR) is 73.1 cm³/mol. The molecule has 96 valence electrons. The highest BCUT2D eigenvalue weighted by atomic mass is 16.3. The third-order valence-corrected chi connectivity index (χ3v) is 3.26. The Morgan fingerprint density at radius 3 is 2.24 bits per heavy atom. The van der Waals surface area contributed by atoms with Crippen LogP contribution in [0.25, 0.3) is 0 Å². The topological polar surface area (TPSA) is 32.3 Å². The van der Waals surface area contributed by atoms with Crippen molar-refractivity contribution in [3.63, 3.8) is 0 Å². The van der Waals surface area contributed by atoms with E-state index in [0.717, 1.165) is 25.7 Å². The average Bonchev–Trinajstić information content (AvgIpc) is 2.38. The van der Waals surface area contributed by atoms with Gasteiger partial charge in [-0.25, -0.2) is 0 Å². The fourth-order valence-electron chi connectivity index (χ4n) is 2.11. The fraction of sp³-hybridized carbons (Fsp3) is 0.600. The summed E-state index contributed by atoms with van der Waals surface area (Å²) in [5, 5.41) is 12.6. The van der Waals surface area contributed by atoms with Crippen molar-refractivity contribution in [3.05, 3.63) is 35.9 Å². The molecular weight excluding hydrogens is 210 g/mol. The van der Waals surface area contributed by atoms with Crippen molar-refractivity contribution >= 4 is 0 Å². The van der Waals surface area contributed by atoms with E-state index >= 15 is 0 Å². The predicted octanol–water partition coefficient (Wildman–Crippen LogP) is 2.76. The van der Waals surface area contributed by atoms with Crippen LogP contribution in [0.3, 0.4) is 0 Å². The van der Waals surface area contributed by atoms with Crippen molar-refractivity contribution in [2.75, 3.05) is 6.61 Å². The molecule has 0 aliphatic rings. The van der Waals surface area contributed by atoms with E-state index in [1.165, 1.54) is 5.56 Å². The SMILES string of the molecule is CCC(CCO)NC(CC)Cc1ccccc1. The normalized spacial score (nSPS) is 14.5. The Morgan fingerprint density at radius 2 is 1.71 bits per heavy atom. The first-order valence-corrected chi connectivity index (χ1v) is 6.71. The molecule has 0 saturated carbocycles. The Bertz CT molecular complexity index is 286. The van der Waals surface area contributed by atoms with Crippen LogP contribution in [0.4, 0.5) is 0 Å². The third kappa shape index (κ3) is 5.33. The van der Waals surface area contributed by atoms with E-state index in [9.17, 15) is 0 Å². The van der Waals surface area contributed by atoms with E-state index in [4.69, 9.17) is 5.11 Å². The van der Waals surface area contributed by atoms with Gasteiger partial charge < -0.3 is 10.4 Å². The summed E-state index contributed by atoms with van der Waals surface area (Å²) in [6.07, 6.45) is 4.11. The number of benzene rings is 1. The van der Waals surface area contributed by atoms with Crippen LogP contribution >= 0.6 is 0 Å². The van der Waals surface area contributed by atoms with Gasteiger partial charge in [-0.3, -0.25) is 0 Å². The van der Waals surface area contributed by atoms with Crippen molar-refractivity contribution in [2.24, 2.45) is 0 Å². The Balaban J connectivity index is 2.48. The molecule has 1 aromatic carbocycles. The van der Waals surface area contributed by atoms with Crippen LogP contribution in [-0.2, 0) is 6.42 Å². The Kier molecular flexibility index (Phi) is 6.90. The minimum atomic E-state index is 0.271. The summed E-state index contributed by atoms with van der Waals surface area (Å²) in [5.74, 6) is 0. The maximum Gasteiger partial charge on any atom is 0.0445 e. The van der Waals surface area contributed by atoms with Crippen LogP contribution < -0.4 is 5.32 Å². The number of hydrogen-bond acceptors (Lipinski definition) is 2. The van der Waals surface area contributed by atoms with E-state index in [1.807, 2.05) is 0 Å². The molecule has 0 bridgehead atoms. The molecule has 0 radical (unpaired) electrons. The fourth-order valence-corrected chi connectivity index (χ4v) is 2.11. The lowest BCUT2D eigenvalue weighted by Gasteiger charge is -2.24. The lowest BCUT2D eigenvalue weighted by atomic mass is 10.0. The van der Waals surface area contributed by atoms with E-state index in [-0.39, 0.29) is 6.61 Å². The van der Waals surface area contributed by atoms with Gasteiger partial charge in [0.15, 0.2) is 0 Å². The zero-order valence-electron chi connectivity index (χ0n) is 11.0. The molecule has 2 unspecified atom stereocenters. The molecule has 17 heavy (non-hydrogen) atoms. The Labute approximate surface area is 105 Å². The van der Waals surface area contributed by atoms with Crippen LogP contribution in [0, 0.1) is 0 Å². The van der Waals surface area contributed by atoms with Crippen molar-refractivity contribution in [1.29, 1.82) is 0 Å². The molecule has 0 aliphatic heterocycles. The first kappa shape index (κ1) is 14.2. The maximum absolute atomic E-state index is 9.00. The minimum Gasteiger partial charge on any atom is -0.396 e. The number of aliphatic hydroxyl groups excluding tert-OH is 1.